The molecular weight excluding hydrogens is 284 g/mol. The van der Waals surface area contributed by atoms with Crippen molar-refractivity contribution >= 4 is 27.7 Å². The van der Waals surface area contributed by atoms with Gasteiger partial charge in [-0.1, -0.05) is 28.9 Å². The molecule has 1 aromatic carbocycles. The summed E-state index contributed by atoms with van der Waals surface area (Å²) in [7, 11) is 0. The zero-order valence-corrected chi connectivity index (χ0v) is 11.5. The van der Waals surface area contributed by atoms with Gasteiger partial charge >= 0.3 is 5.97 Å². The monoisotopic (exact) mass is 298 g/mol. The van der Waals surface area contributed by atoms with Gasteiger partial charge in [0.15, 0.2) is 5.78 Å². The normalized spacial score (nSPS) is 10.1. The number of ether oxygens (including phenoxy) is 1. The molecule has 1 rings (SSSR count). The van der Waals surface area contributed by atoms with Crippen molar-refractivity contribution in [2.75, 3.05) is 6.61 Å². The fourth-order valence-corrected chi connectivity index (χ4v) is 1.83. The Kier molecular flexibility index (Phi) is 5.35. The molecule has 92 valence electrons. The predicted octanol–water partition coefficient (Wildman–Crippen LogP) is 3.35. The first kappa shape index (κ1) is 13.9. The number of esters is 1. The van der Waals surface area contributed by atoms with E-state index in [4.69, 9.17) is 4.74 Å². The van der Waals surface area contributed by atoms with Crippen LogP contribution in [0.1, 0.15) is 46.5 Å². The van der Waals surface area contributed by atoms with Crippen molar-refractivity contribution in [1.29, 1.82) is 0 Å². The Balaban J connectivity index is 3.19. The molecule has 3 nitrogen and oxygen atoms in total. The van der Waals surface area contributed by atoms with Gasteiger partial charge in [0.2, 0.25) is 0 Å². The summed E-state index contributed by atoms with van der Waals surface area (Å²) in [6.07, 6.45) is 0.373. The van der Waals surface area contributed by atoms with E-state index >= 15 is 0 Å². The highest BCUT2D eigenvalue weighted by Crippen LogP contribution is 2.17. The molecule has 0 aromatic heterocycles. The highest BCUT2D eigenvalue weighted by atomic mass is 79.9. The third kappa shape index (κ3) is 3.40. The molecule has 0 unspecified atom stereocenters. The highest BCUT2D eigenvalue weighted by Gasteiger charge is 2.17. The number of carbonyl (C=O) groups is 2. The molecule has 0 heterocycles. The minimum absolute atomic E-state index is 0.0455. The SMILES string of the molecule is CCOC(=O)c1ccc(CBr)cc1C(=O)CC. The van der Waals surface area contributed by atoms with E-state index in [1.807, 2.05) is 6.07 Å². The van der Waals surface area contributed by atoms with Crippen LogP contribution in [0.25, 0.3) is 0 Å². The molecular formula is C13H15BrO3. The number of Topliss-reactive ketones (excluding diaryl/α,β-unsaturated/α-hetero) is 1. The Morgan fingerprint density at radius 3 is 2.47 bits per heavy atom. The van der Waals surface area contributed by atoms with Crippen LogP contribution in [0.15, 0.2) is 18.2 Å². The Morgan fingerprint density at radius 1 is 1.24 bits per heavy atom. The molecule has 0 fully saturated rings. The molecule has 0 aliphatic heterocycles. The number of carbonyl (C=O) groups excluding carboxylic acids is 2. The van der Waals surface area contributed by atoms with Crippen LogP contribution in [0.2, 0.25) is 0 Å². The minimum Gasteiger partial charge on any atom is -0.462 e. The van der Waals surface area contributed by atoms with E-state index in [9.17, 15) is 9.59 Å². The summed E-state index contributed by atoms with van der Waals surface area (Å²) in [6.45, 7) is 3.82. The Morgan fingerprint density at radius 2 is 1.94 bits per heavy atom. The second kappa shape index (κ2) is 6.55. The topological polar surface area (TPSA) is 43.4 Å². The lowest BCUT2D eigenvalue weighted by atomic mass is 9.99. The van der Waals surface area contributed by atoms with Crippen molar-refractivity contribution in [2.45, 2.75) is 25.6 Å². The molecule has 0 aliphatic rings. The van der Waals surface area contributed by atoms with E-state index in [-0.39, 0.29) is 5.78 Å². The lowest BCUT2D eigenvalue weighted by molar-refractivity contribution is 0.0523. The number of hydrogen-bond donors (Lipinski definition) is 0. The van der Waals surface area contributed by atoms with Crippen LogP contribution in [0.5, 0.6) is 0 Å². The van der Waals surface area contributed by atoms with Crippen molar-refractivity contribution in [3.05, 3.63) is 34.9 Å². The van der Waals surface area contributed by atoms with Crippen LogP contribution in [-0.4, -0.2) is 18.4 Å². The molecule has 0 N–H and O–H groups in total. The zero-order chi connectivity index (χ0) is 12.8. The van der Waals surface area contributed by atoms with E-state index in [2.05, 4.69) is 15.9 Å². The van der Waals surface area contributed by atoms with Gasteiger partial charge in [0.05, 0.1) is 12.2 Å². The fourth-order valence-electron chi connectivity index (χ4n) is 1.48. The van der Waals surface area contributed by atoms with Crippen LogP contribution in [-0.2, 0) is 10.1 Å². The van der Waals surface area contributed by atoms with Gasteiger partial charge < -0.3 is 4.74 Å². The number of ketones is 1. The summed E-state index contributed by atoms with van der Waals surface area (Å²) >= 11 is 3.33. The molecule has 0 atom stereocenters. The molecule has 0 bridgehead atoms. The van der Waals surface area contributed by atoms with Crippen molar-refractivity contribution in [3.63, 3.8) is 0 Å². The summed E-state index contributed by atoms with van der Waals surface area (Å²) in [5.41, 5.74) is 1.76. The summed E-state index contributed by atoms with van der Waals surface area (Å²) in [5.74, 6) is -0.485. The first-order valence-corrected chi connectivity index (χ1v) is 6.65. The van der Waals surface area contributed by atoms with Crippen molar-refractivity contribution in [3.8, 4) is 0 Å². The molecule has 0 amide bonds. The molecule has 0 aliphatic carbocycles. The zero-order valence-electron chi connectivity index (χ0n) is 9.96. The Hall–Kier alpha value is -1.16. The van der Waals surface area contributed by atoms with Crippen LogP contribution in [0.4, 0.5) is 0 Å². The molecule has 4 heteroatoms. The first-order chi connectivity index (χ1) is 8.13. The van der Waals surface area contributed by atoms with E-state index in [1.165, 1.54) is 0 Å². The van der Waals surface area contributed by atoms with Gasteiger partial charge in [-0.2, -0.15) is 0 Å². The Labute approximate surface area is 109 Å². The fraction of sp³-hybridized carbons (Fsp3) is 0.385. The van der Waals surface area contributed by atoms with Crippen LogP contribution < -0.4 is 0 Å². The maximum atomic E-state index is 11.8. The average molecular weight is 299 g/mol. The third-order valence-electron chi connectivity index (χ3n) is 2.36. The Bertz CT molecular complexity index is 427. The van der Waals surface area contributed by atoms with Gasteiger partial charge in [0.25, 0.3) is 0 Å². The molecule has 0 saturated carbocycles. The number of halogens is 1. The quantitative estimate of drug-likeness (QED) is 0.476. The largest absolute Gasteiger partial charge is 0.462 e. The second-order valence-electron chi connectivity index (χ2n) is 3.51. The van der Waals surface area contributed by atoms with Gasteiger partial charge in [-0.15, -0.1) is 0 Å². The summed E-state index contributed by atoms with van der Waals surface area (Å²) < 4.78 is 4.93. The third-order valence-corrected chi connectivity index (χ3v) is 3.00. The van der Waals surface area contributed by atoms with Crippen molar-refractivity contribution < 1.29 is 14.3 Å². The van der Waals surface area contributed by atoms with Gasteiger partial charge in [-0.05, 0) is 24.6 Å². The predicted molar refractivity (Wildman–Crippen MR) is 69.7 cm³/mol. The maximum Gasteiger partial charge on any atom is 0.338 e. The molecule has 0 saturated heterocycles. The van der Waals surface area contributed by atoms with E-state index < -0.39 is 5.97 Å². The maximum absolute atomic E-state index is 11.8. The van der Waals surface area contributed by atoms with Gasteiger partial charge in [-0.3, -0.25) is 4.79 Å². The van der Waals surface area contributed by atoms with Crippen LogP contribution in [0.3, 0.4) is 0 Å². The molecule has 0 spiro atoms. The van der Waals surface area contributed by atoms with Gasteiger partial charge in [0.1, 0.15) is 0 Å². The highest BCUT2D eigenvalue weighted by molar-refractivity contribution is 9.08. The van der Waals surface area contributed by atoms with Gasteiger partial charge in [0, 0.05) is 17.3 Å². The summed E-state index contributed by atoms with van der Waals surface area (Å²) in [6, 6.07) is 5.21. The number of hydrogen-bond acceptors (Lipinski definition) is 3. The molecule has 1 aromatic rings. The summed E-state index contributed by atoms with van der Waals surface area (Å²) in [5, 5.41) is 0.653. The first-order valence-electron chi connectivity index (χ1n) is 5.53. The van der Waals surface area contributed by atoms with Crippen molar-refractivity contribution in [2.24, 2.45) is 0 Å². The van der Waals surface area contributed by atoms with Crippen molar-refractivity contribution in [1.82, 2.24) is 0 Å². The summed E-state index contributed by atoms with van der Waals surface area (Å²) in [4.78, 5) is 23.5. The smallest absolute Gasteiger partial charge is 0.338 e. The van der Waals surface area contributed by atoms with Crippen LogP contribution >= 0.6 is 15.9 Å². The van der Waals surface area contributed by atoms with Crippen LogP contribution in [0, 0.1) is 0 Å². The molecule has 17 heavy (non-hydrogen) atoms. The van der Waals surface area contributed by atoms with Gasteiger partial charge in [-0.25, -0.2) is 4.79 Å². The number of alkyl halides is 1. The number of benzene rings is 1. The second-order valence-corrected chi connectivity index (χ2v) is 4.07. The lowest BCUT2D eigenvalue weighted by Crippen LogP contribution is -2.12. The standard InChI is InChI=1S/C13H15BrO3/c1-3-12(15)11-7-9(8-14)5-6-10(11)13(16)17-4-2/h5-7H,3-4,8H2,1-2H3. The van der Waals surface area contributed by atoms with E-state index in [0.717, 1.165) is 5.56 Å². The average Bonchev–Trinajstić information content (AvgIpc) is 2.37. The van der Waals surface area contributed by atoms with E-state index in [0.29, 0.717) is 29.5 Å². The lowest BCUT2D eigenvalue weighted by Gasteiger charge is -2.08. The molecule has 0 radical (unpaired) electrons. The minimum atomic E-state index is -0.439. The number of rotatable bonds is 5. The van der Waals surface area contributed by atoms with E-state index in [1.54, 1.807) is 26.0 Å².